The molecule has 0 bridgehead atoms. The lowest BCUT2D eigenvalue weighted by atomic mass is 9.85. The van der Waals surface area contributed by atoms with Crippen LogP contribution in [-0.4, -0.2) is 32.3 Å². The molecule has 2 atom stereocenters. The molecule has 1 aliphatic carbocycles. The minimum Gasteiger partial charge on any atom is -0.293 e. The third-order valence-corrected chi connectivity index (χ3v) is 4.09. The molecule has 1 aliphatic rings. The SMILES string of the molecule is CCN(Cc1ncnn1C)[C@@H]1CCCC[C@@H]1C. The summed E-state index contributed by atoms with van der Waals surface area (Å²) in [6, 6.07) is 0.727. The average Bonchev–Trinajstić information content (AvgIpc) is 2.73. The third kappa shape index (κ3) is 2.86. The fraction of sp³-hybridized carbons (Fsp3) is 0.846. The van der Waals surface area contributed by atoms with Crippen molar-refractivity contribution >= 4 is 0 Å². The van der Waals surface area contributed by atoms with Gasteiger partial charge < -0.3 is 0 Å². The lowest BCUT2D eigenvalue weighted by Gasteiger charge is -2.37. The average molecular weight is 236 g/mol. The van der Waals surface area contributed by atoms with Gasteiger partial charge in [-0.25, -0.2) is 4.98 Å². The van der Waals surface area contributed by atoms with Crippen molar-refractivity contribution in [3.63, 3.8) is 0 Å². The Balaban J connectivity index is 2.03. The molecular weight excluding hydrogens is 212 g/mol. The van der Waals surface area contributed by atoms with Crippen LogP contribution in [0.5, 0.6) is 0 Å². The first-order chi connectivity index (χ1) is 8.22. The Kier molecular flexibility index (Phi) is 4.15. The van der Waals surface area contributed by atoms with Crippen molar-refractivity contribution in [2.75, 3.05) is 6.54 Å². The minimum absolute atomic E-state index is 0.727. The van der Waals surface area contributed by atoms with E-state index in [1.807, 2.05) is 11.7 Å². The smallest absolute Gasteiger partial charge is 0.140 e. The quantitative estimate of drug-likeness (QED) is 0.804. The van der Waals surface area contributed by atoms with Crippen LogP contribution >= 0.6 is 0 Å². The molecule has 0 unspecified atom stereocenters. The van der Waals surface area contributed by atoms with E-state index in [1.54, 1.807) is 6.33 Å². The molecule has 0 amide bonds. The maximum atomic E-state index is 4.33. The maximum Gasteiger partial charge on any atom is 0.140 e. The number of hydrogen-bond acceptors (Lipinski definition) is 3. The maximum absolute atomic E-state index is 4.33. The highest BCUT2D eigenvalue weighted by atomic mass is 15.3. The van der Waals surface area contributed by atoms with Crippen molar-refractivity contribution < 1.29 is 0 Å². The van der Waals surface area contributed by atoms with E-state index in [1.165, 1.54) is 25.7 Å². The summed E-state index contributed by atoms with van der Waals surface area (Å²) in [4.78, 5) is 6.90. The van der Waals surface area contributed by atoms with Gasteiger partial charge in [-0.15, -0.1) is 0 Å². The number of nitrogens with zero attached hydrogens (tertiary/aromatic N) is 4. The van der Waals surface area contributed by atoms with Crippen LogP contribution in [0.3, 0.4) is 0 Å². The molecule has 0 aromatic carbocycles. The van der Waals surface area contributed by atoms with Crippen molar-refractivity contribution in [1.82, 2.24) is 19.7 Å². The van der Waals surface area contributed by atoms with Gasteiger partial charge in [-0.2, -0.15) is 5.10 Å². The molecule has 1 heterocycles. The van der Waals surface area contributed by atoms with E-state index in [0.717, 1.165) is 30.9 Å². The van der Waals surface area contributed by atoms with Gasteiger partial charge in [0.15, 0.2) is 0 Å². The molecule has 4 heteroatoms. The van der Waals surface area contributed by atoms with E-state index in [-0.39, 0.29) is 0 Å². The van der Waals surface area contributed by atoms with Crippen LogP contribution in [0.15, 0.2) is 6.33 Å². The molecule has 0 radical (unpaired) electrons. The van der Waals surface area contributed by atoms with E-state index >= 15 is 0 Å². The van der Waals surface area contributed by atoms with Gasteiger partial charge in [0.1, 0.15) is 12.2 Å². The zero-order valence-electron chi connectivity index (χ0n) is 11.3. The van der Waals surface area contributed by atoms with Gasteiger partial charge in [-0.1, -0.05) is 26.7 Å². The zero-order chi connectivity index (χ0) is 12.3. The summed E-state index contributed by atoms with van der Waals surface area (Å²) in [6.45, 7) is 6.67. The summed E-state index contributed by atoms with van der Waals surface area (Å²) < 4.78 is 1.89. The van der Waals surface area contributed by atoms with Crippen LogP contribution in [0.2, 0.25) is 0 Å². The second kappa shape index (κ2) is 5.63. The van der Waals surface area contributed by atoms with Crippen molar-refractivity contribution in [3.05, 3.63) is 12.2 Å². The zero-order valence-corrected chi connectivity index (χ0v) is 11.3. The highest BCUT2D eigenvalue weighted by Crippen LogP contribution is 2.28. The minimum atomic E-state index is 0.727. The summed E-state index contributed by atoms with van der Waals surface area (Å²) >= 11 is 0. The first-order valence-corrected chi connectivity index (χ1v) is 6.79. The van der Waals surface area contributed by atoms with Gasteiger partial charge in [0.25, 0.3) is 0 Å². The van der Waals surface area contributed by atoms with Crippen LogP contribution in [-0.2, 0) is 13.6 Å². The molecule has 1 saturated carbocycles. The van der Waals surface area contributed by atoms with E-state index in [9.17, 15) is 0 Å². The highest BCUT2D eigenvalue weighted by molar-refractivity contribution is 4.88. The van der Waals surface area contributed by atoms with E-state index in [0.29, 0.717) is 0 Å². The van der Waals surface area contributed by atoms with Gasteiger partial charge in [-0.05, 0) is 25.3 Å². The predicted molar refractivity (Wildman–Crippen MR) is 68.5 cm³/mol. The molecule has 1 aromatic heterocycles. The lowest BCUT2D eigenvalue weighted by Crippen LogP contribution is -2.41. The normalized spacial score (nSPS) is 25.4. The first-order valence-electron chi connectivity index (χ1n) is 6.79. The lowest BCUT2D eigenvalue weighted by molar-refractivity contribution is 0.107. The van der Waals surface area contributed by atoms with Gasteiger partial charge in [-0.3, -0.25) is 9.58 Å². The summed E-state index contributed by atoms with van der Waals surface area (Å²) in [5.41, 5.74) is 0. The molecule has 96 valence electrons. The predicted octanol–water partition coefficient (Wildman–Crippen LogP) is 2.22. The Morgan fingerprint density at radius 1 is 1.41 bits per heavy atom. The second-order valence-electron chi connectivity index (χ2n) is 5.19. The van der Waals surface area contributed by atoms with Crippen molar-refractivity contribution in [1.29, 1.82) is 0 Å². The molecule has 0 N–H and O–H groups in total. The van der Waals surface area contributed by atoms with E-state index in [2.05, 4.69) is 28.8 Å². The topological polar surface area (TPSA) is 34.0 Å². The number of aryl methyl sites for hydroxylation is 1. The summed E-state index contributed by atoms with van der Waals surface area (Å²) in [7, 11) is 1.97. The molecule has 1 fully saturated rings. The largest absolute Gasteiger partial charge is 0.293 e. The van der Waals surface area contributed by atoms with Crippen LogP contribution in [0.25, 0.3) is 0 Å². The van der Waals surface area contributed by atoms with Crippen molar-refractivity contribution in [2.45, 2.75) is 52.1 Å². The molecule has 2 rings (SSSR count). The fourth-order valence-electron chi connectivity index (χ4n) is 2.95. The van der Waals surface area contributed by atoms with Crippen LogP contribution < -0.4 is 0 Å². The highest BCUT2D eigenvalue weighted by Gasteiger charge is 2.26. The van der Waals surface area contributed by atoms with E-state index < -0.39 is 0 Å². The third-order valence-electron chi connectivity index (χ3n) is 4.09. The standard InChI is InChI=1S/C13H24N4/c1-4-17(9-13-14-10-15-16(13)3)12-8-6-5-7-11(12)2/h10-12H,4-9H2,1-3H3/t11-,12+/m0/s1. The molecule has 1 aromatic rings. The van der Waals surface area contributed by atoms with Crippen molar-refractivity contribution in [3.8, 4) is 0 Å². The van der Waals surface area contributed by atoms with E-state index in [4.69, 9.17) is 0 Å². The van der Waals surface area contributed by atoms with Gasteiger partial charge in [0.05, 0.1) is 6.54 Å². The monoisotopic (exact) mass is 236 g/mol. The molecule has 0 aliphatic heterocycles. The van der Waals surface area contributed by atoms with Crippen LogP contribution in [0.4, 0.5) is 0 Å². The van der Waals surface area contributed by atoms with Crippen LogP contribution in [0.1, 0.15) is 45.4 Å². The summed E-state index contributed by atoms with van der Waals surface area (Å²) in [6.07, 6.45) is 7.14. The Morgan fingerprint density at radius 2 is 2.18 bits per heavy atom. The molecule has 0 saturated heterocycles. The number of hydrogen-bond donors (Lipinski definition) is 0. The fourth-order valence-corrected chi connectivity index (χ4v) is 2.95. The summed E-state index contributed by atoms with van der Waals surface area (Å²) in [5.74, 6) is 1.89. The van der Waals surface area contributed by atoms with Crippen molar-refractivity contribution in [2.24, 2.45) is 13.0 Å². The van der Waals surface area contributed by atoms with Crippen LogP contribution in [0, 0.1) is 5.92 Å². The Labute approximate surface area is 104 Å². The Bertz CT molecular complexity index is 347. The molecular formula is C13H24N4. The summed E-state index contributed by atoms with van der Waals surface area (Å²) in [5, 5.41) is 4.15. The first kappa shape index (κ1) is 12.6. The van der Waals surface area contributed by atoms with Gasteiger partial charge >= 0.3 is 0 Å². The molecule has 17 heavy (non-hydrogen) atoms. The van der Waals surface area contributed by atoms with Gasteiger partial charge in [0.2, 0.25) is 0 Å². The Morgan fingerprint density at radius 3 is 2.76 bits per heavy atom. The number of rotatable bonds is 4. The molecule has 0 spiro atoms. The van der Waals surface area contributed by atoms with Gasteiger partial charge in [0, 0.05) is 13.1 Å². The number of aromatic nitrogens is 3. The Hall–Kier alpha value is -0.900. The second-order valence-corrected chi connectivity index (χ2v) is 5.19. The molecule has 4 nitrogen and oxygen atoms in total.